The lowest BCUT2D eigenvalue weighted by atomic mass is 10.0. The molecule has 1 aromatic heterocycles. The minimum Gasteiger partial charge on any atom is -0.339 e. The van der Waals surface area contributed by atoms with E-state index in [1.165, 1.54) is 0 Å². The predicted octanol–water partition coefficient (Wildman–Crippen LogP) is 1.59. The lowest BCUT2D eigenvalue weighted by Gasteiger charge is -2.13. The molecule has 0 aromatic carbocycles. The zero-order valence-corrected chi connectivity index (χ0v) is 9.94. The molecule has 8 heteroatoms. The predicted molar refractivity (Wildman–Crippen MR) is 57.0 cm³/mol. The Morgan fingerprint density at radius 1 is 1.47 bits per heavy atom. The highest BCUT2D eigenvalue weighted by atomic mass is 32.2. The van der Waals surface area contributed by atoms with E-state index in [0.29, 0.717) is 5.89 Å². The van der Waals surface area contributed by atoms with Gasteiger partial charge in [0.05, 0.1) is 5.92 Å². The monoisotopic (exact) mass is 267 g/mol. The van der Waals surface area contributed by atoms with Crippen molar-refractivity contribution in [3.05, 3.63) is 11.7 Å². The van der Waals surface area contributed by atoms with Crippen LogP contribution in [0.15, 0.2) is 4.52 Å². The van der Waals surface area contributed by atoms with Gasteiger partial charge in [0.15, 0.2) is 5.82 Å². The van der Waals surface area contributed by atoms with Gasteiger partial charge in [-0.15, -0.1) is 0 Å². The fourth-order valence-electron chi connectivity index (χ4n) is 1.75. The van der Waals surface area contributed by atoms with Crippen LogP contribution >= 0.6 is 11.8 Å². The molecular formula is C9H12F3N3OS. The van der Waals surface area contributed by atoms with Crippen molar-refractivity contribution in [1.82, 2.24) is 15.5 Å². The lowest BCUT2D eigenvalue weighted by molar-refractivity contribution is -0.128. The van der Waals surface area contributed by atoms with E-state index in [2.05, 4.69) is 15.5 Å². The summed E-state index contributed by atoms with van der Waals surface area (Å²) in [5.41, 5.74) is 0. The molecule has 1 aliphatic rings. The van der Waals surface area contributed by atoms with Crippen LogP contribution < -0.4 is 5.32 Å². The number of hydrogen-bond acceptors (Lipinski definition) is 5. The van der Waals surface area contributed by atoms with Gasteiger partial charge in [0, 0.05) is 17.5 Å². The number of nitrogens with one attached hydrogen (secondary N) is 1. The zero-order chi connectivity index (χ0) is 12.5. The maximum atomic E-state index is 12.1. The fourth-order valence-corrected chi connectivity index (χ4v) is 3.17. The third-order valence-corrected chi connectivity index (χ3v) is 3.80. The number of aromatic nitrogens is 2. The van der Waals surface area contributed by atoms with E-state index in [0.717, 1.165) is 11.5 Å². The van der Waals surface area contributed by atoms with Gasteiger partial charge in [-0.2, -0.15) is 29.9 Å². The smallest absolute Gasteiger partial charge is 0.339 e. The zero-order valence-electron chi connectivity index (χ0n) is 9.12. The summed E-state index contributed by atoms with van der Waals surface area (Å²) in [5.74, 6) is 1.70. The molecule has 2 heterocycles. The van der Waals surface area contributed by atoms with Gasteiger partial charge < -0.3 is 9.84 Å². The molecule has 0 aliphatic carbocycles. The molecule has 0 radical (unpaired) electrons. The van der Waals surface area contributed by atoms with Crippen LogP contribution in [0, 0.1) is 0 Å². The molecule has 4 nitrogen and oxygen atoms in total. The second kappa shape index (κ2) is 4.85. The van der Waals surface area contributed by atoms with E-state index >= 15 is 0 Å². The number of alkyl halides is 3. The largest absolute Gasteiger partial charge is 0.396 e. The van der Waals surface area contributed by atoms with Gasteiger partial charge in [0.2, 0.25) is 5.89 Å². The van der Waals surface area contributed by atoms with Crippen molar-refractivity contribution >= 4 is 11.8 Å². The quantitative estimate of drug-likeness (QED) is 0.901. The van der Waals surface area contributed by atoms with Crippen LogP contribution in [0.3, 0.4) is 0 Å². The number of rotatable bonds is 3. The molecule has 0 spiro atoms. The van der Waals surface area contributed by atoms with Crippen molar-refractivity contribution in [1.29, 1.82) is 0 Å². The summed E-state index contributed by atoms with van der Waals surface area (Å²) in [5, 5.41) is 6.47. The molecule has 1 fully saturated rings. The summed E-state index contributed by atoms with van der Waals surface area (Å²) >= 11 is 1.72. The van der Waals surface area contributed by atoms with Gasteiger partial charge >= 0.3 is 6.18 Å². The lowest BCUT2D eigenvalue weighted by Crippen LogP contribution is -2.31. The number of hydrogen-bond donors (Lipinski definition) is 1. The fraction of sp³-hybridized carbons (Fsp3) is 0.778. The van der Waals surface area contributed by atoms with Crippen molar-refractivity contribution in [2.75, 3.05) is 18.6 Å². The minimum atomic E-state index is -4.30. The van der Waals surface area contributed by atoms with Crippen molar-refractivity contribution in [2.24, 2.45) is 0 Å². The molecule has 2 unspecified atom stereocenters. The average molecular weight is 267 g/mol. The van der Waals surface area contributed by atoms with E-state index in [4.69, 9.17) is 4.52 Å². The molecule has 0 saturated carbocycles. The summed E-state index contributed by atoms with van der Waals surface area (Å²) in [6.07, 6.45) is -5.44. The van der Waals surface area contributed by atoms with Crippen LogP contribution in [0.5, 0.6) is 0 Å². The summed E-state index contributed by atoms with van der Waals surface area (Å²) in [4.78, 5) is 3.82. The van der Waals surface area contributed by atoms with Gasteiger partial charge in [0.1, 0.15) is 6.42 Å². The van der Waals surface area contributed by atoms with E-state index in [1.807, 2.05) is 7.05 Å². The Hall–Kier alpha value is -0.760. The van der Waals surface area contributed by atoms with Crippen molar-refractivity contribution < 1.29 is 17.7 Å². The Morgan fingerprint density at radius 2 is 2.24 bits per heavy atom. The van der Waals surface area contributed by atoms with E-state index in [-0.39, 0.29) is 17.8 Å². The van der Waals surface area contributed by atoms with Crippen LogP contribution in [0.4, 0.5) is 13.2 Å². The Bertz CT molecular complexity index is 382. The molecule has 2 atom stereocenters. The van der Waals surface area contributed by atoms with Crippen LogP contribution in [-0.4, -0.2) is 40.9 Å². The molecule has 1 saturated heterocycles. The normalized spacial score (nSPS) is 25.4. The number of thioether (sulfide) groups is 1. The Kier molecular flexibility index (Phi) is 3.62. The molecule has 1 aliphatic heterocycles. The summed E-state index contributed by atoms with van der Waals surface area (Å²) in [7, 11) is 1.82. The number of halogens is 3. The van der Waals surface area contributed by atoms with Gasteiger partial charge in [0.25, 0.3) is 0 Å². The summed E-state index contributed by atoms with van der Waals surface area (Å²) in [6, 6.07) is 0.180. The van der Waals surface area contributed by atoms with Crippen molar-refractivity contribution in [3.63, 3.8) is 0 Å². The first kappa shape index (κ1) is 12.7. The third kappa shape index (κ3) is 3.12. The molecule has 17 heavy (non-hydrogen) atoms. The summed E-state index contributed by atoms with van der Waals surface area (Å²) in [6.45, 7) is 0. The molecule has 2 rings (SSSR count). The molecule has 0 bridgehead atoms. The van der Waals surface area contributed by atoms with Gasteiger partial charge in [-0.1, -0.05) is 5.16 Å². The summed E-state index contributed by atoms with van der Waals surface area (Å²) < 4.78 is 41.3. The maximum Gasteiger partial charge on any atom is 0.396 e. The van der Waals surface area contributed by atoms with E-state index in [1.54, 1.807) is 11.8 Å². The molecule has 96 valence electrons. The molecule has 1 N–H and O–H groups in total. The first-order valence-corrected chi connectivity index (χ1v) is 6.29. The van der Waals surface area contributed by atoms with Crippen LogP contribution in [0.25, 0.3) is 0 Å². The van der Waals surface area contributed by atoms with Gasteiger partial charge in [-0.3, -0.25) is 0 Å². The average Bonchev–Trinajstić information content (AvgIpc) is 2.81. The number of likely N-dealkylation sites (N-methyl/N-ethyl adjacent to an activating group) is 1. The molecular weight excluding hydrogens is 255 g/mol. The number of nitrogens with zero attached hydrogens (tertiary/aromatic N) is 2. The Morgan fingerprint density at radius 3 is 2.88 bits per heavy atom. The molecule has 0 amide bonds. The second-order valence-electron chi connectivity index (χ2n) is 3.88. The molecule has 1 aromatic rings. The highest BCUT2D eigenvalue weighted by Crippen LogP contribution is 2.32. The van der Waals surface area contributed by atoms with Crippen molar-refractivity contribution in [3.8, 4) is 0 Å². The Labute approximate surface area is 100 Å². The highest BCUT2D eigenvalue weighted by molar-refractivity contribution is 7.99. The Balaban J connectivity index is 2.07. The SMILES string of the molecule is CNC1CSCC1c1nc(CC(F)(F)F)no1. The van der Waals surface area contributed by atoms with Gasteiger partial charge in [-0.05, 0) is 7.05 Å². The third-order valence-electron chi connectivity index (χ3n) is 2.61. The van der Waals surface area contributed by atoms with E-state index in [9.17, 15) is 13.2 Å². The van der Waals surface area contributed by atoms with Crippen LogP contribution in [0.2, 0.25) is 0 Å². The topological polar surface area (TPSA) is 51.0 Å². The van der Waals surface area contributed by atoms with Crippen LogP contribution in [-0.2, 0) is 6.42 Å². The first-order valence-electron chi connectivity index (χ1n) is 5.14. The first-order chi connectivity index (χ1) is 7.99. The maximum absolute atomic E-state index is 12.1. The van der Waals surface area contributed by atoms with Gasteiger partial charge in [-0.25, -0.2) is 0 Å². The second-order valence-corrected chi connectivity index (χ2v) is 4.95. The minimum absolute atomic E-state index is 0.000478. The van der Waals surface area contributed by atoms with Crippen molar-refractivity contribution in [2.45, 2.75) is 24.6 Å². The van der Waals surface area contributed by atoms with E-state index < -0.39 is 12.6 Å². The van der Waals surface area contributed by atoms with Crippen LogP contribution in [0.1, 0.15) is 17.6 Å². The standard InChI is InChI=1S/C9H12F3N3OS/c1-13-6-4-17-3-5(6)8-14-7(15-16-8)2-9(10,11)12/h5-6,13H,2-4H2,1H3. The highest BCUT2D eigenvalue weighted by Gasteiger charge is 2.35.